The Hall–Kier alpha value is -4.06. The highest BCUT2D eigenvalue weighted by atomic mass is 16.5. The Kier molecular flexibility index (Phi) is 5.80. The van der Waals surface area contributed by atoms with Gasteiger partial charge in [-0.05, 0) is 49.2 Å². The van der Waals surface area contributed by atoms with Gasteiger partial charge >= 0.3 is 0 Å². The summed E-state index contributed by atoms with van der Waals surface area (Å²) in [6, 6.07) is 21.7. The summed E-state index contributed by atoms with van der Waals surface area (Å²) in [5.74, 6) is 0.986. The van der Waals surface area contributed by atoms with Crippen molar-refractivity contribution in [2.24, 2.45) is 0 Å². The number of carbonyl (C=O) groups is 1. The number of benzene rings is 3. The Morgan fingerprint density at radius 3 is 2.32 bits per heavy atom. The number of hydrogen-bond donors (Lipinski definition) is 0. The van der Waals surface area contributed by atoms with Gasteiger partial charge in [0.05, 0.1) is 30.2 Å². The lowest BCUT2D eigenvalue weighted by Crippen LogP contribution is -2.29. The Morgan fingerprint density at radius 2 is 1.56 bits per heavy atom. The van der Waals surface area contributed by atoms with Crippen molar-refractivity contribution in [3.05, 3.63) is 105 Å². The molecular weight excluding hydrogens is 430 g/mol. The van der Waals surface area contributed by atoms with Crippen LogP contribution in [-0.4, -0.2) is 24.0 Å². The van der Waals surface area contributed by atoms with E-state index >= 15 is 0 Å². The first-order chi connectivity index (χ1) is 16.6. The van der Waals surface area contributed by atoms with Gasteiger partial charge in [-0.15, -0.1) is 0 Å². The Labute approximate surface area is 197 Å². The first kappa shape index (κ1) is 21.8. The number of rotatable bonds is 7. The number of ether oxygens (including phenoxy) is 2. The molecule has 34 heavy (non-hydrogen) atoms. The molecule has 172 valence electrons. The minimum absolute atomic E-state index is 0.0940. The Morgan fingerprint density at radius 1 is 0.853 bits per heavy atom. The molecule has 4 aromatic rings. The normalized spacial score (nSPS) is 14.9. The van der Waals surface area contributed by atoms with E-state index in [0.29, 0.717) is 47.8 Å². The van der Waals surface area contributed by atoms with Crippen molar-refractivity contribution in [3.63, 3.8) is 0 Å². The van der Waals surface area contributed by atoms with Gasteiger partial charge in [0, 0.05) is 6.54 Å². The molecule has 0 N–H and O–H groups in total. The van der Waals surface area contributed by atoms with Crippen LogP contribution in [0, 0.1) is 0 Å². The quantitative estimate of drug-likeness (QED) is 0.376. The summed E-state index contributed by atoms with van der Waals surface area (Å²) < 4.78 is 17.6. The second-order valence-electron chi connectivity index (χ2n) is 8.06. The highest BCUT2D eigenvalue weighted by Gasteiger charge is 2.43. The SMILES string of the molecule is CCOc1ccc(C2c3c(oc4ccccc4c3=O)C(=O)N2Cc2ccccc2)cc1OCC. The molecule has 0 saturated carbocycles. The van der Waals surface area contributed by atoms with Crippen LogP contribution in [0.4, 0.5) is 0 Å². The number of para-hydroxylation sites is 1. The number of nitrogens with zero attached hydrogens (tertiary/aromatic N) is 1. The molecule has 2 heterocycles. The van der Waals surface area contributed by atoms with E-state index in [9.17, 15) is 9.59 Å². The van der Waals surface area contributed by atoms with E-state index in [4.69, 9.17) is 13.9 Å². The molecule has 1 atom stereocenters. The summed E-state index contributed by atoms with van der Waals surface area (Å²) in [5, 5.41) is 0.455. The van der Waals surface area contributed by atoms with Gasteiger partial charge in [-0.3, -0.25) is 9.59 Å². The van der Waals surface area contributed by atoms with Crippen molar-refractivity contribution in [1.82, 2.24) is 4.90 Å². The fraction of sp³-hybridized carbons (Fsp3) is 0.214. The standard InChI is InChI=1S/C28H25NO5/c1-3-32-22-15-14-19(16-23(22)33-4-2)25-24-26(30)20-12-8-9-13-21(20)34-27(24)28(31)29(25)17-18-10-6-5-7-11-18/h5-16,25H,3-4,17H2,1-2H3. The first-order valence-corrected chi connectivity index (χ1v) is 11.4. The summed E-state index contributed by atoms with van der Waals surface area (Å²) in [5.41, 5.74) is 2.28. The minimum Gasteiger partial charge on any atom is -0.490 e. The van der Waals surface area contributed by atoms with Gasteiger partial charge < -0.3 is 18.8 Å². The molecule has 0 saturated heterocycles. The number of carbonyl (C=O) groups excluding carboxylic acids is 1. The molecule has 1 aliphatic heterocycles. The summed E-state index contributed by atoms with van der Waals surface area (Å²) >= 11 is 0. The van der Waals surface area contributed by atoms with Gasteiger partial charge in [0.25, 0.3) is 5.91 Å². The van der Waals surface area contributed by atoms with E-state index in [1.807, 2.05) is 62.4 Å². The molecule has 6 heteroatoms. The molecular formula is C28H25NO5. The summed E-state index contributed by atoms with van der Waals surface area (Å²) in [6.45, 7) is 5.11. The lowest BCUT2D eigenvalue weighted by Gasteiger charge is -2.26. The van der Waals surface area contributed by atoms with Gasteiger partial charge in [-0.2, -0.15) is 0 Å². The van der Waals surface area contributed by atoms with Crippen LogP contribution in [0.1, 0.15) is 47.1 Å². The highest BCUT2D eigenvalue weighted by Crippen LogP contribution is 2.41. The maximum absolute atomic E-state index is 13.6. The highest BCUT2D eigenvalue weighted by molar-refractivity contribution is 5.99. The predicted molar refractivity (Wildman–Crippen MR) is 129 cm³/mol. The molecule has 1 unspecified atom stereocenters. The van der Waals surface area contributed by atoms with Crippen LogP contribution in [0.15, 0.2) is 82.0 Å². The van der Waals surface area contributed by atoms with Gasteiger partial charge in [-0.1, -0.05) is 48.5 Å². The minimum atomic E-state index is -0.613. The fourth-order valence-electron chi connectivity index (χ4n) is 4.49. The molecule has 0 fully saturated rings. The van der Waals surface area contributed by atoms with Crippen molar-refractivity contribution in [2.45, 2.75) is 26.4 Å². The van der Waals surface area contributed by atoms with Crippen LogP contribution in [-0.2, 0) is 6.54 Å². The first-order valence-electron chi connectivity index (χ1n) is 11.4. The average molecular weight is 456 g/mol. The van der Waals surface area contributed by atoms with Crippen LogP contribution < -0.4 is 14.9 Å². The molecule has 0 radical (unpaired) electrons. The molecule has 1 amide bonds. The summed E-state index contributed by atoms with van der Waals surface area (Å²) in [4.78, 5) is 28.9. The van der Waals surface area contributed by atoms with Crippen LogP contribution in [0.5, 0.6) is 11.5 Å². The van der Waals surface area contributed by atoms with Crippen molar-refractivity contribution in [1.29, 1.82) is 0 Å². The predicted octanol–water partition coefficient (Wildman–Crippen LogP) is 5.34. The number of amides is 1. The van der Waals surface area contributed by atoms with Gasteiger partial charge in [-0.25, -0.2) is 0 Å². The molecule has 3 aromatic carbocycles. The lowest BCUT2D eigenvalue weighted by atomic mass is 9.97. The zero-order valence-corrected chi connectivity index (χ0v) is 19.1. The average Bonchev–Trinajstić information content (AvgIpc) is 3.13. The molecule has 0 bridgehead atoms. The number of fused-ring (bicyclic) bond motifs is 2. The van der Waals surface area contributed by atoms with E-state index in [1.54, 1.807) is 29.2 Å². The van der Waals surface area contributed by atoms with Crippen LogP contribution in [0.2, 0.25) is 0 Å². The monoisotopic (exact) mass is 455 g/mol. The third kappa shape index (κ3) is 3.71. The van der Waals surface area contributed by atoms with E-state index in [0.717, 1.165) is 11.1 Å². The Bertz CT molecular complexity index is 1410. The molecule has 0 aliphatic carbocycles. The summed E-state index contributed by atoms with van der Waals surface area (Å²) in [7, 11) is 0. The van der Waals surface area contributed by atoms with Crippen molar-refractivity contribution >= 4 is 16.9 Å². The molecule has 5 rings (SSSR count). The Balaban J connectivity index is 1.71. The van der Waals surface area contributed by atoms with Crippen molar-refractivity contribution < 1.29 is 18.7 Å². The third-order valence-corrected chi connectivity index (χ3v) is 5.95. The van der Waals surface area contributed by atoms with Gasteiger partial charge in [0.1, 0.15) is 5.58 Å². The molecule has 0 spiro atoms. The lowest BCUT2D eigenvalue weighted by molar-refractivity contribution is 0.0714. The fourth-order valence-corrected chi connectivity index (χ4v) is 4.49. The third-order valence-electron chi connectivity index (χ3n) is 5.95. The number of hydrogen-bond acceptors (Lipinski definition) is 5. The van der Waals surface area contributed by atoms with Gasteiger partial charge in [0.2, 0.25) is 5.76 Å². The van der Waals surface area contributed by atoms with Crippen molar-refractivity contribution in [2.75, 3.05) is 13.2 Å². The maximum atomic E-state index is 13.6. The van der Waals surface area contributed by atoms with E-state index in [2.05, 4.69) is 0 Å². The zero-order valence-electron chi connectivity index (χ0n) is 19.1. The molecule has 6 nitrogen and oxygen atoms in total. The van der Waals surface area contributed by atoms with Crippen LogP contribution in [0.25, 0.3) is 11.0 Å². The smallest absolute Gasteiger partial charge is 0.291 e. The van der Waals surface area contributed by atoms with E-state index in [-0.39, 0.29) is 17.1 Å². The van der Waals surface area contributed by atoms with Crippen LogP contribution >= 0.6 is 0 Å². The largest absolute Gasteiger partial charge is 0.490 e. The second kappa shape index (κ2) is 9.06. The topological polar surface area (TPSA) is 69.0 Å². The molecule has 1 aliphatic rings. The van der Waals surface area contributed by atoms with E-state index < -0.39 is 6.04 Å². The van der Waals surface area contributed by atoms with Crippen LogP contribution in [0.3, 0.4) is 0 Å². The van der Waals surface area contributed by atoms with Gasteiger partial charge in [0.15, 0.2) is 16.9 Å². The zero-order chi connectivity index (χ0) is 23.7. The van der Waals surface area contributed by atoms with Crippen molar-refractivity contribution in [3.8, 4) is 11.5 Å². The van der Waals surface area contributed by atoms with E-state index in [1.165, 1.54) is 0 Å². The second-order valence-corrected chi connectivity index (χ2v) is 8.06. The molecule has 1 aromatic heterocycles. The maximum Gasteiger partial charge on any atom is 0.291 e. The summed E-state index contributed by atoms with van der Waals surface area (Å²) in [6.07, 6.45) is 0.